The summed E-state index contributed by atoms with van der Waals surface area (Å²) < 4.78 is 12.9. The van der Waals surface area contributed by atoms with E-state index in [1.165, 1.54) is 11.8 Å². The smallest absolute Gasteiger partial charge is 0.237 e. The van der Waals surface area contributed by atoms with Gasteiger partial charge in [-0.1, -0.05) is 30.0 Å². The van der Waals surface area contributed by atoms with E-state index in [2.05, 4.69) is 20.5 Å². The number of carbonyl (C=O) groups excluding carboxylic acids is 1. The molecule has 35 heavy (non-hydrogen) atoms. The van der Waals surface area contributed by atoms with E-state index >= 15 is 0 Å². The molecule has 3 aromatic heterocycles. The summed E-state index contributed by atoms with van der Waals surface area (Å²) in [6, 6.07) is 20.8. The van der Waals surface area contributed by atoms with Crippen molar-refractivity contribution in [2.45, 2.75) is 23.9 Å². The summed E-state index contributed by atoms with van der Waals surface area (Å²) >= 11 is 1.34. The van der Waals surface area contributed by atoms with E-state index in [-0.39, 0.29) is 5.91 Å². The summed E-state index contributed by atoms with van der Waals surface area (Å²) in [5.41, 5.74) is 2.41. The molecular weight excluding hydrogens is 462 g/mol. The lowest BCUT2D eigenvalue weighted by atomic mass is 10.2. The fraction of sp³-hybridized carbons (Fsp3) is 0.154. The molecule has 8 nitrogen and oxygen atoms in total. The summed E-state index contributed by atoms with van der Waals surface area (Å²) in [5.74, 6) is 2.01. The molecular formula is C26H23N5O3S. The lowest BCUT2D eigenvalue weighted by molar-refractivity contribution is -0.115. The first-order valence-electron chi connectivity index (χ1n) is 11.0. The maximum atomic E-state index is 13.1. The number of furan rings is 1. The number of aromatic nitrogens is 4. The number of thioether (sulfide) groups is 1. The third kappa shape index (κ3) is 4.90. The van der Waals surface area contributed by atoms with Gasteiger partial charge in [-0.15, -0.1) is 10.2 Å². The van der Waals surface area contributed by atoms with Crippen LogP contribution in [0, 0.1) is 0 Å². The van der Waals surface area contributed by atoms with Crippen LogP contribution in [0.1, 0.15) is 12.7 Å². The number of hydrogen-bond donors (Lipinski definition) is 1. The molecule has 0 bridgehead atoms. The molecule has 0 aliphatic heterocycles. The zero-order valence-electron chi connectivity index (χ0n) is 19.2. The van der Waals surface area contributed by atoms with E-state index in [0.717, 1.165) is 33.7 Å². The topological polar surface area (TPSA) is 95.1 Å². The second kappa shape index (κ2) is 10.0. The second-order valence-electron chi connectivity index (χ2n) is 7.83. The number of fused-ring (bicyclic) bond motifs is 1. The van der Waals surface area contributed by atoms with E-state index < -0.39 is 5.25 Å². The number of amides is 1. The number of hydrogen-bond acceptors (Lipinski definition) is 7. The number of ether oxygens (including phenoxy) is 1. The van der Waals surface area contributed by atoms with Gasteiger partial charge in [0.1, 0.15) is 11.5 Å². The number of carbonyl (C=O) groups is 1. The van der Waals surface area contributed by atoms with Crippen LogP contribution in [-0.4, -0.2) is 38.0 Å². The van der Waals surface area contributed by atoms with Crippen LogP contribution in [0.15, 0.2) is 88.8 Å². The number of benzene rings is 2. The molecule has 5 aromatic rings. The van der Waals surface area contributed by atoms with Crippen molar-refractivity contribution < 1.29 is 13.9 Å². The van der Waals surface area contributed by atoms with Crippen molar-refractivity contribution in [2.75, 3.05) is 12.4 Å². The largest absolute Gasteiger partial charge is 0.497 e. The van der Waals surface area contributed by atoms with Gasteiger partial charge >= 0.3 is 0 Å². The summed E-state index contributed by atoms with van der Waals surface area (Å²) in [5, 5.41) is 12.9. The van der Waals surface area contributed by atoms with Crippen molar-refractivity contribution in [1.82, 2.24) is 19.7 Å². The first-order valence-corrected chi connectivity index (χ1v) is 11.9. The minimum Gasteiger partial charge on any atom is -0.497 e. The molecule has 9 heteroatoms. The first-order chi connectivity index (χ1) is 17.1. The van der Waals surface area contributed by atoms with Crippen LogP contribution in [0.4, 0.5) is 5.69 Å². The van der Waals surface area contributed by atoms with E-state index in [4.69, 9.17) is 9.15 Å². The van der Waals surface area contributed by atoms with Crippen molar-refractivity contribution >= 4 is 34.3 Å². The van der Waals surface area contributed by atoms with Crippen LogP contribution in [0.25, 0.3) is 22.3 Å². The Morgan fingerprint density at radius 2 is 2.00 bits per heavy atom. The van der Waals surface area contributed by atoms with Gasteiger partial charge in [0.2, 0.25) is 5.91 Å². The summed E-state index contributed by atoms with van der Waals surface area (Å²) in [6.07, 6.45) is 3.37. The Balaban J connectivity index is 1.41. The van der Waals surface area contributed by atoms with Crippen LogP contribution in [0.2, 0.25) is 0 Å². The number of pyridine rings is 1. The molecule has 0 saturated carbocycles. The summed E-state index contributed by atoms with van der Waals surface area (Å²) in [7, 11) is 1.63. The third-order valence-corrected chi connectivity index (χ3v) is 6.57. The van der Waals surface area contributed by atoms with Gasteiger partial charge < -0.3 is 14.5 Å². The first kappa shape index (κ1) is 22.7. The Labute approximate surface area is 206 Å². The SMILES string of the molecule is COc1cccc(-c2nnc(SC(C)C(=O)Nc3cccc4ncccc34)n2Cc2ccco2)c1. The number of anilines is 1. The van der Waals surface area contributed by atoms with Crippen molar-refractivity contribution in [2.24, 2.45) is 0 Å². The minimum atomic E-state index is -0.431. The molecule has 176 valence electrons. The van der Waals surface area contributed by atoms with Gasteiger partial charge in [0.15, 0.2) is 11.0 Å². The van der Waals surface area contributed by atoms with Crippen molar-refractivity contribution in [3.63, 3.8) is 0 Å². The van der Waals surface area contributed by atoms with E-state index in [1.54, 1.807) is 19.6 Å². The van der Waals surface area contributed by atoms with Gasteiger partial charge in [-0.3, -0.25) is 14.3 Å². The molecule has 2 aromatic carbocycles. The molecule has 0 fully saturated rings. The van der Waals surface area contributed by atoms with Crippen LogP contribution >= 0.6 is 11.8 Å². The molecule has 1 amide bonds. The molecule has 0 aliphatic carbocycles. The van der Waals surface area contributed by atoms with Gasteiger partial charge in [-0.2, -0.15) is 0 Å². The number of rotatable bonds is 8. The summed E-state index contributed by atoms with van der Waals surface area (Å²) in [6.45, 7) is 2.28. The second-order valence-corrected chi connectivity index (χ2v) is 9.14. The molecule has 1 N–H and O–H groups in total. The molecule has 1 unspecified atom stereocenters. The fourth-order valence-corrected chi connectivity index (χ4v) is 4.56. The predicted octanol–water partition coefficient (Wildman–Crippen LogP) is 5.26. The Morgan fingerprint density at radius 1 is 1.11 bits per heavy atom. The zero-order valence-corrected chi connectivity index (χ0v) is 20.0. The standard InChI is InChI=1S/C26H23N5O3S/c1-17(25(32)28-23-12-4-11-22-21(23)10-5-13-27-22)35-26-30-29-24(18-7-3-8-19(15-18)33-2)31(26)16-20-9-6-14-34-20/h3-15,17H,16H2,1-2H3,(H,28,32). The highest BCUT2D eigenvalue weighted by Gasteiger charge is 2.22. The Kier molecular flexibility index (Phi) is 6.49. The third-order valence-electron chi connectivity index (χ3n) is 5.49. The Hall–Kier alpha value is -4.11. The van der Waals surface area contributed by atoms with Crippen LogP contribution in [0.5, 0.6) is 5.75 Å². The van der Waals surface area contributed by atoms with Crippen LogP contribution < -0.4 is 10.1 Å². The maximum absolute atomic E-state index is 13.1. The van der Waals surface area contributed by atoms with Crippen molar-refractivity contribution in [1.29, 1.82) is 0 Å². The number of nitrogens with zero attached hydrogens (tertiary/aromatic N) is 4. The average molecular weight is 486 g/mol. The summed E-state index contributed by atoms with van der Waals surface area (Å²) in [4.78, 5) is 17.5. The number of methoxy groups -OCH3 is 1. The Morgan fingerprint density at radius 3 is 2.83 bits per heavy atom. The molecule has 0 spiro atoms. The highest BCUT2D eigenvalue weighted by molar-refractivity contribution is 8.00. The highest BCUT2D eigenvalue weighted by Crippen LogP contribution is 2.30. The van der Waals surface area contributed by atoms with Gasteiger partial charge in [-0.05, 0) is 55.5 Å². The predicted molar refractivity (Wildman–Crippen MR) is 136 cm³/mol. The Bertz CT molecular complexity index is 1460. The quantitative estimate of drug-likeness (QED) is 0.300. The van der Waals surface area contributed by atoms with E-state index in [0.29, 0.717) is 17.5 Å². The van der Waals surface area contributed by atoms with Gasteiger partial charge in [-0.25, -0.2) is 0 Å². The number of nitrogens with one attached hydrogen (secondary N) is 1. The monoisotopic (exact) mass is 485 g/mol. The average Bonchev–Trinajstić information content (AvgIpc) is 3.55. The van der Waals surface area contributed by atoms with E-state index in [9.17, 15) is 4.79 Å². The molecule has 1 atom stereocenters. The molecule has 5 rings (SSSR count). The van der Waals surface area contributed by atoms with Crippen LogP contribution in [-0.2, 0) is 11.3 Å². The molecule has 0 aliphatic rings. The normalized spacial score (nSPS) is 11.9. The highest BCUT2D eigenvalue weighted by atomic mass is 32.2. The minimum absolute atomic E-state index is 0.137. The van der Waals surface area contributed by atoms with Gasteiger partial charge in [0, 0.05) is 17.1 Å². The van der Waals surface area contributed by atoms with Crippen molar-refractivity contribution in [3.05, 3.63) is 85.0 Å². The van der Waals surface area contributed by atoms with Crippen LogP contribution in [0.3, 0.4) is 0 Å². The maximum Gasteiger partial charge on any atom is 0.237 e. The lowest BCUT2D eigenvalue weighted by Gasteiger charge is -2.14. The zero-order chi connectivity index (χ0) is 24.2. The lowest BCUT2D eigenvalue weighted by Crippen LogP contribution is -2.23. The van der Waals surface area contributed by atoms with Gasteiger partial charge in [0.25, 0.3) is 0 Å². The molecule has 0 saturated heterocycles. The van der Waals surface area contributed by atoms with Crippen molar-refractivity contribution in [3.8, 4) is 17.1 Å². The molecule has 0 radical (unpaired) electrons. The van der Waals surface area contributed by atoms with Gasteiger partial charge in [0.05, 0.1) is 36.4 Å². The fourth-order valence-electron chi connectivity index (χ4n) is 3.71. The molecule has 3 heterocycles. The van der Waals surface area contributed by atoms with E-state index in [1.807, 2.05) is 78.2 Å².